The maximum Gasteiger partial charge on any atom is 0.331 e. The van der Waals surface area contributed by atoms with Crippen molar-refractivity contribution in [3.8, 4) is 0 Å². The van der Waals surface area contributed by atoms with Crippen molar-refractivity contribution in [2.45, 2.75) is 243 Å². The molecule has 13 rings (SSSR count). The summed E-state index contributed by atoms with van der Waals surface area (Å²) >= 11 is 0. The standard InChI is InChI=1S/C80H110N4O12/c1-48-39-69-74(50(3)80(96-69)35-31-60-61-26-24-55-41-57(85)28-32-77(55,4)64(61)43-62(60)49(80)2)84(45-48)38-14-18-67(86)66(83-76(92)53-22-20-52(21-23-53)75(91)51-15-8-6-9-16-51)17-11-13-37-81-70(88)19-10-7-12-36-82-71(89)47-94-58-29-33-78(5)56(42-58)25-27-63-65(78)44-68(87)73-59(30-34-79(63,73)93)54-40-72(90)95-46-54/h6,8-9,15-16,20-24,40,48,50,56-61,63-66,68-69,73-74,85,87,93H,7,10-14,17-19,25-39,41-47H2,1-5H3,(H,81,88)(H,82,89)(H,83,92)/t48-,50+,56+,57-,58?,59?,60-,61-,63+,64-,65-,66?,68+,69+,73?,74-,77-,78-,79-,80-/m0/s1. The summed E-state index contributed by atoms with van der Waals surface area (Å²) in [5.74, 6) is 2.03. The molecule has 1 spiro atoms. The average Bonchev–Trinajstić information content (AvgIpc) is 1.39. The molecule has 3 amide bonds. The molecule has 2 aromatic carbocycles. The van der Waals surface area contributed by atoms with Crippen molar-refractivity contribution in [1.29, 1.82) is 0 Å². The number of carbonyl (C=O) groups excluding carboxylic acids is 6. The summed E-state index contributed by atoms with van der Waals surface area (Å²) in [5, 5.41) is 43.8. The lowest BCUT2D eigenvalue weighted by molar-refractivity contribution is -0.210. The topological polar surface area (TPSA) is 230 Å². The Morgan fingerprint density at radius 2 is 1.50 bits per heavy atom. The maximum atomic E-state index is 14.5. The summed E-state index contributed by atoms with van der Waals surface area (Å²) in [5.41, 5.74) is 5.89. The van der Waals surface area contributed by atoms with Crippen LogP contribution in [0.5, 0.6) is 0 Å². The number of ether oxygens (including phenoxy) is 3. The Morgan fingerprint density at radius 3 is 2.28 bits per heavy atom. The Balaban J connectivity index is 0.544. The Morgan fingerprint density at radius 1 is 0.750 bits per heavy atom. The number of piperidine rings is 1. The highest BCUT2D eigenvalue weighted by atomic mass is 16.5. The number of aliphatic hydroxyl groups excluding tert-OH is 2. The number of nitrogens with one attached hydrogen (secondary N) is 3. The zero-order valence-corrected chi connectivity index (χ0v) is 58.0. The number of esters is 1. The quantitative estimate of drug-likeness (QED) is 0.0249. The van der Waals surface area contributed by atoms with E-state index in [1.165, 1.54) is 17.6 Å². The van der Waals surface area contributed by atoms with Crippen LogP contribution in [0.3, 0.4) is 0 Å². The van der Waals surface area contributed by atoms with Crippen molar-refractivity contribution in [1.82, 2.24) is 20.9 Å². The number of aliphatic hydroxyl groups is 3. The molecule has 20 atom stereocenters. The number of hydrogen-bond acceptors (Lipinski definition) is 13. The van der Waals surface area contributed by atoms with Gasteiger partial charge in [-0.25, -0.2) is 4.79 Å². The smallest absolute Gasteiger partial charge is 0.331 e. The Labute approximate surface area is 569 Å². The second kappa shape index (κ2) is 28.7. The molecule has 2 saturated heterocycles. The van der Waals surface area contributed by atoms with E-state index >= 15 is 0 Å². The van der Waals surface area contributed by atoms with Gasteiger partial charge in [-0.15, -0.1) is 0 Å². The number of amides is 3. The van der Waals surface area contributed by atoms with E-state index in [-0.39, 0.29) is 113 Å². The fourth-order valence-corrected chi connectivity index (χ4v) is 22.4. The lowest BCUT2D eigenvalue weighted by Crippen LogP contribution is -2.62. The number of fused-ring (bicyclic) bond motifs is 11. The number of hydrogen-bond donors (Lipinski definition) is 6. The number of allylic oxidation sites excluding steroid dienone is 2. The molecule has 3 heterocycles. The van der Waals surface area contributed by atoms with Gasteiger partial charge in [0.05, 0.1) is 41.7 Å². The van der Waals surface area contributed by atoms with Crippen LogP contribution >= 0.6 is 0 Å². The highest BCUT2D eigenvalue weighted by Gasteiger charge is 2.66. The second-order valence-corrected chi connectivity index (χ2v) is 32.6. The normalized spacial score (nSPS) is 37.8. The van der Waals surface area contributed by atoms with E-state index in [0.29, 0.717) is 123 Å². The van der Waals surface area contributed by atoms with Gasteiger partial charge in [-0.05, 0) is 236 Å². The van der Waals surface area contributed by atoms with Crippen molar-refractivity contribution in [3.05, 3.63) is 106 Å². The van der Waals surface area contributed by atoms with Crippen LogP contribution in [0.25, 0.3) is 0 Å². The van der Waals surface area contributed by atoms with Crippen LogP contribution in [0.15, 0.2) is 89.0 Å². The summed E-state index contributed by atoms with van der Waals surface area (Å²) in [6.07, 6.45) is 23.5. The van der Waals surface area contributed by atoms with E-state index in [1.807, 2.05) is 18.2 Å². The molecule has 6 saturated carbocycles. The molecule has 11 aliphatic rings. The fraction of sp³-hybridized carbons (Fsp3) is 0.700. The minimum Gasteiger partial charge on any atom is -0.458 e. The zero-order chi connectivity index (χ0) is 67.3. The molecule has 3 aliphatic heterocycles. The van der Waals surface area contributed by atoms with Crippen LogP contribution in [0.4, 0.5) is 0 Å². The number of likely N-dealkylation sites (tertiary alicyclic amines) is 1. The van der Waals surface area contributed by atoms with Gasteiger partial charge in [0.15, 0.2) is 11.6 Å². The van der Waals surface area contributed by atoms with Gasteiger partial charge in [0.25, 0.3) is 5.91 Å². The molecule has 96 heavy (non-hydrogen) atoms. The molecule has 16 heteroatoms. The number of rotatable bonds is 24. The van der Waals surface area contributed by atoms with Gasteiger partial charge in [-0.1, -0.05) is 93.8 Å². The number of carbonyl (C=O) groups is 6. The van der Waals surface area contributed by atoms with Gasteiger partial charge < -0.3 is 45.5 Å². The zero-order valence-electron chi connectivity index (χ0n) is 58.0. The highest BCUT2D eigenvalue weighted by Crippen LogP contribution is 2.68. The number of unbranched alkanes of at least 4 members (excludes halogenated alkanes) is 3. The molecule has 522 valence electrons. The summed E-state index contributed by atoms with van der Waals surface area (Å²) in [4.78, 5) is 82.2. The molecule has 16 nitrogen and oxygen atoms in total. The Kier molecular flexibility index (Phi) is 20.7. The average molecular weight is 1320 g/mol. The fourth-order valence-electron chi connectivity index (χ4n) is 22.4. The van der Waals surface area contributed by atoms with Crippen LogP contribution in [0, 0.1) is 70.0 Å². The van der Waals surface area contributed by atoms with E-state index in [2.05, 4.69) is 61.5 Å². The van der Waals surface area contributed by atoms with Gasteiger partial charge in [0.2, 0.25) is 11.8 Å². The molecular weight excluding hydrogens is 1210 g/mol. The van der Waals surface area contributed by atoms with Gasteiger partial charge in [0, 0.05) is 73.1 Å². The third-order valence-corrected chi connectivity index (χ3v) is 27.4. The number of ketones is 2. The van der Waals surface area contributed by atoms with Crippen molar-refractivity contribution in [2.75, 3.05) is 39.4 Å². The van der Waals surface area contributed by atoms with Crippen molar-refractivity contribution in [2.24, 2.45) is 70.0 Å². The molecule has 8 fully saturated rings. The van der Waals surface area contributed by atoms with Crippen LogP contribution in [0.2, 0.25) is 0 Å². The van der Waals surface area contributed by atoms with Gasteiger partial charge in [-0.3, -0.25) is 28.9 Å². The van der Waals surface area contributed by atoms with Gasteiger partial charge >= 0.3 is 5.97 Å². The SMILES string of the molecule is CC1=C2C[C@H]3[C@@H](CC=C4C[C@@H](O)CC[C@@]43C)[C@@H]2CC[C@]12O[C@@H]1C[C@H](C)CN(CCCC(=O)C(CCCCNC(=O)CCCCCNC(=O)COC3CC[C@@]4(C)[C@H](CC[C@@H]5[C@@H]4C[C@@H](O)C4C(C6=CC(=O)OC6)CC[C@@]45O)C3)NC(=O)c3ccc(C(=O)c4ccccc4)cc3)[C@H]1[C@H]2C. The largest absolute Gasteiger partial charge is 0.458 e. The minimum atomic E-state index is -0.953. The van der Waals surface area contributed by atoms with Gasteiger partial charge in [-0.2, -0.15) is 0 Å². The monoisotopic (exact) mass is 1320 g/mol. The van der Waals surface area contributed by atoms with Crippen LogP contribution in [-0.4, -0.2) is 143 Å². The molecule has 6 N–H and O–H groups in total. The number of cyclic esters (lactones) is 1. The third kappa shape index (κ3) is 13.5. The first-order valence-electron chi connectivity index (χ1n) is 37.6. The lowest BCUT2D eigenvalue weighted by atomic mass is 9.45. The predicted molar refractivity (Wildman–Crippen MR) is 366 cm³/mol. The van der Waals surface area contributed by atoms with E-state index < -0.39 is 17.7 Å². The first-order valence-corrected chi connectivity index (χ1v) is 37.6. The molecular formula is C80H110N4O12. The number of Topliss-reactive ketones (excluding diaryl/α,β-unsaturated/α-hetero) is 1. The number of nitrogens with zero attached hydrogens (tertiary/aromatic N) is 1. The maximum absolute atomic E-state index is 14.5. The first-order chi connectivity index (χ1) is 46.2. The molecule has 8 aliphatic carbocycles. The molecule has 0 radical (unpaired) electrons. The second-order valence-electron chi connectivity index (χ2n) is 32.6. The highest BCUT2D eigenvalue weighted by molar-refractivity contribution is 6.09. The van der Waals surface area contributed by atoms with E-state index in [1.54, 1.807) is 48.0 Å². The number of benzene rings is 2. The lowest BCUT2D eigenvalue weighted by Gasteiger charge is -2.62. The Hall–Kier alpha value is -5.36. The van der Waals surface area contributed by atoms with Crippen molar-refractivity contribution < 1.29 is 58.3 Å². The Bertz CT molecular complexity index is 3310. The molecule has 0 aromatic heterocycles. The van der Waals surface area contributed by atoms with E-state index in [0.717, 1.165) is 115 Å². The first kappa shape index (κ1) is 69.1. The van der Waals surface area contributed by atoms with Crippen molar-refractivity contribution in [3.63, 3.8) is 0 Å². The van der Waals surface area contributed by atoms with Gasteiger partial charge in [0.1, 0.15) is 13.2 Å². The van der Waals surface area contributed by atoms with Crippen LogP contribution in [-0.2, 0) is 33.4 Å². The molecule has 4 unspecified atom stereocenters. The molecule has 0 bridgehead atoms. The van der Waals surface area contributed by atoms with Crippen LogP contribution < -0.4 is 16.0 Å². The summed E-state index contributed by atoms with van der Waals surface area (Å²) in [7, 11) is 0. The van der Waals surface area contributed by atoms with Crippen LogP contribution in [0.1, 0.15) is 221 Å². The third-order valence-electron chi connectivity index (χ3n) is 27.4. The molecule has 2 aromatic rings. The summed E-state index contributed by atoms with van der Waals surface area (Å²) < 4.78 is 18.9. The van der Waals surface area contributed by atoms with E-state index in [9.17, 15) is 44.1 Å². The van der Waals surface area contributed by atoms with E-state index in [4.69, 9.17) is 14.2 Å². The van der Waals surface area contributed by atoms with Crippen molar-refractivity contribution >= 4 is 35.3 Å². The summed E-state index contributed by atoms with van der Waals surface area (Å²) in [6.45, 7) is 15.0. The minimum absolute atomic E-state index is 0.00288. The summed E-state index contributed by atoms with van der Waals surface area (Å²) in [6, 6.07) is 15.2. The predicted octanol–water partition coefficient (Wildman–Crippen LogP) is 11.3.